The van der Waals surface area contributed by atoms with Crippen LogP contribution < -0.4 is 5.43 Å². The number of fused-ring (bicyclic) bond motifs is 2. The number of nitrogens with zero attached hydrogens (tertiary/aromatic N) is 1. The van der Waals surface area contributed by atoms with Crippen molar-refractivity contribution in [3.05, 3.63) is 82.2 Å². The highest BCUT2D eigenvalue weighted by molar-refractivity contribution is 7.21. The Labute approximate surface area is 159 Å². The van der Waals surface area contributed by atoms with Crippen molar-refractivity contribution < 1.29 is 4.79 Å². The van der Waals surface area contributed by atoms with Crippen LogP contribution >= 0.6 is 22.9 Å². The van der Waals surface area contributed by atoms with Crippen molar-refractivity contribution in [2.75, 3.05) is 0 Å². The van der Waals surface area contributed by atoms with Crippen LogP contribution in [0, 0.1) is 0 Å². The zero-order valence-electron chi connectivity index (χ0n) is 14.0. The maximum absolute atomic E-state index is 12.5. The van der Waals surface area contributed by atoms with Crippen molar-refractivity contribution >= 4 is 55.4 Å². The second-order valence-electron chi connectivity index (χ2n) is 5.94. The van der Waals surface area contributed by atoms with Gasteiger partial charge in [0.25, 0.3) is 5.91 Å². The van der Waals surface area contributed by atoms with E-state index in [1.54, 1.807) is 0 Å². The minimum atomic E-state index is -0.295. The van der Waals surface area contributed by atoms with Crippen LogP contribution in [0.2, 0.25) is 5.02 Å². The molecule has 0 radical (unpaired) electrons. The zero-order chi connectivity index (χ0) is 18.1. The molecule has 26 heavy (non-hydrogen) atoms. The summed E-state index contributed by atoms with van der Waals surface area (Å²) in [6, 6.07) is 21.9. The quantitative estimate of drug-likeness (QED) is 0.352. The van der Waals surface area contributed by atoms with E-state index < -0.39 is 0 Å². The third kappa shape index (κ3) is 3.09. The Morgan fingerprint density at radius 1 is 1.00 bits per heavy atom. The number of hydrogen-bond donors (Lipinski definition) is 1. The Morgan fingerprint density at radius 2 is 1.73 bits per heavy atom. The van der Waals surface area contributed by atoms with Crippen LogP contribution in [0.5, 0.6) is 0 Å². The van der Waals surface area contributed by atoms with Crippen LogP contribution in [0.4, 0.5) is 0 Å². The lowest BCUT2D eigenvalue weighted by Gasteiger charge is -2.04. The Morgan fingerprint density at radius 3 is 2.54 bits per heavy atom. The predicted molar refractivity (Wildman–Crippen MR) is 110 cm³/mol. The highest BCUT2D eigenvalue weighted by atomic mass is 35.5. The molecule has 128 valence electrons. The van der Waals surface area contributed by atoms with Gasteiger partial charge in [-0.25, -0.2) is 5.43 Å². The van der Waals surface area contributed by atoms with E-state index in [4.69, 9.17) is 11.6 Å². The first-order valence-corrected chi connectivity index (χ1v) is 9.34. The maximum Gasteiger partial charge on any atom is 0.283 e. The molecule has 0 aliphatic carbocycles. The summed E-state index contributed by atoms with van der Waals surface area (Å²) in [7, 11) is 0. The van der Waals surface area contributed by atoms with E-state index in [0.717, 1.165) is 26.7 Å². The van der Waals surface area contributed by atoms with E-state index in [2.05, 4.69) is 28.7 Å². The van der Waals surface area contributed by atoms with Gasteiger partial charge in [0, 0.05) is 10.1 Å². The monoisotopic (exact) mass is 378 g/mol. The molecule has 0 aliphatic rings. The lowest BCUT2D eigenvalue weighted by atomic mass is 10.0. The van der Waals surface area contributed by atoms with Crippen molar-refractivity contribution in [1.82, 2.24) is 5.43 Å². The Hall–Kier alpha value is -2.69. The minimum absolute atomic E-state index is 0.295. The van der Waals surface area contributed by atoms with Crippen LogP contribution in [0.15, 0.2) is 71.8 Å². The number of rotatable bonds is 3. The first kappa shape index (κ1) is 16.8. The molecular formula is C21H15ClN2OS. The molecule has 0 unspecified atom stereocenters. The third-order valence-corrected chi connectivity index (χ3v) is 5.91. The van der Waals surface area contributed by atoms with E-state index in [1.807, 2.05) is 55.5 Å². The molecule has 0 saturated heterocycles. The summed E-state index contributed by atoms with van der Waals surface area (Å²) in [6.45, 7) is 1.87. The van der Waals surface area contributed by atoms with Gasteiger partial charge in [0.05, 0.1) is 10.7 Å². The van der Waals surface area contributed by atoms with E-state index in [0.29, 0.717) is 9.90 Å². The van der Waals surface area contributed by atoms with Gasteiger partial charge < -0.3 is 0 Å². The second-order valence-corrected chi connectivity index (χ2v) is 7.37. The molecule has 1 aromatic heterocycles. The number of halogens is 1. The molecular weight excluding hydrogens is 364 g/mol. The second kappa shape index (κ2) is 6.90. The van der Waals surface area contributed by atoms with Gasteiger partial charge in [-0.1, -0.05) is 66.2 Å². The van der Waals surface area contributed by atoms with Crippen LogP contribution in [-0.4, -0.2) is 11.6 Å². The lowest BCUT2D eigenvalue weighted by molar-refractivity contribution is 0.0959. The molecule has 1 amide bonds. The van der Waals surface area contributed by atoms with Gasteiger partial charge >= 0.3 is 0 Å². The lowest BCUT2D eigenvalue weighted by Crippen LogP contribution is -2.18. The molecule has 0 saturated carbocycles. The Balaban J connectivity index is 1.59. The minimum Gasteiger partial charge on any atom is -0.266 e. The molecule has 3 aromatic carbocycles. The van der Waals surface area contributed by atoms with E-state index >= 15 is 0 Å². The van der Waals surface area contributed by atoms with Crippen molar-refractivity contribution in [2.24, 2.45) is 5.10 Å². The van der Waals surface area contributed by atoms with Gasteiger partial charge in [-0.2, -0.15) is 5.10 Å². The summed E-state index contributed by atoms with van der Waals surface area (Å²) in [6.07, 6.45) is 0. The van der Waals surface area contributed by atoms with Crippen molar-refractivity contribution in [1.29, 1.82) is 0 Å². The first-order valence-electron chi connectivity index (χ1n) is 8.14. The third-order valence-electron chi connectivity index (χ3n) is 4.23. The van der Waals surface area contributed by atoms with Gasteiger partial charge in [0.15, 0.2) is 0 Å². The van der Waals surface area contributed by atoms with Crippen LogP contribution in [-0.2, 0) is 0 Å². The van der Waals surface area contributed by atoms with Crippen LogP contribution in [0.25, 0.3) is 20.9 Å². The number of hydrogen-bond acceptors (Lipinski definition) is 3. The summed E-state index contributed by atoms with van der Waals surface area (Å²) in [5.74, 6) is -0.295. The van der Waals surface area contributed by atoms with E-state index in [9.17, 15) is 4.79 Å². The van der Waals surface area contributed by atoms with Gasteiger partial charge in [-0.05, 0) is 35.4 Å². The van der Waals surface area contributed by atoms with Gasteiger partial charge in [-0.15, -0.1) is 11.3 Å². The molecule has 0 atom stereocenters. The smallest absolute Gasteiger partial charge is 0.266 e. The van der Waals surface area contributed by atoms with E-state index in [-0.39, 0.29) is 5.91 Å². The summed E-state index contributed by atoms with van der Waals surface area (Å²) in [5, 5.41) is 7.93. The number of carbonyl (C=O) groups excluding carboxylic acids is 1. The van der Waals surface area contributed by atoms with Crippen molar-refractivity contribution in [2.45, 2.75) is 6.92 Å². The van der Waals surface area contributed by atoms with Crippen molar-refractivity contribution in [3.63, 3.8) is 0 Å². The van der Waals surface area contributed by atoms with Gasteiger partial charge in [-0.3, -0.25) is 4.79 Å². The van der Waals surface area contributed by atoms with Crippen LogP contribution in [0.1, 0.15) is 22.2 Å². The van der Waals surface area contributed by atoms with Crippen LogP contribution in [0.3, 0.4) is 0 Å². The fourth-order valence-electron chi connectivity index (χ4n) is 2.82. The molecule has 1 N–H and O–H groups in total. The highest BCUT2D eigenvalue weighted by Gasteiger charge is 2.16. The summed E-state index contributed by atoms with van der Waals surface area (Å²) < 4.78 is 0.984. The van der Waals surface area contributed by atoms with Gasteiger partial charge in [0.1, 0.15) is 4.88 Å². The number of amides is 1. The summed E-state index contributed by atoms with van der Waals surface area (Å²) in [4.78, 5) is 13.0. The average Bonchev–Trinajstić information content (AvgIpc) is 3.02. The standard InChI is InChI=1S/C21H15ClN2OS/c1-13(15-11-10-14-6-2-3-7-16(14)12-15)23-24-21(25)20-19(22)17-8-4-5-9-18(17)26-20/h2-12H,1H3,(H,24,25)/b23-13-. The number of benzene rings is 3. The summed E-state index contributed by atoms with van der Waals surface area (Å²) in [5.41, 5.74) is 4.32. The SMILES string of the molecule is C/C(=N/NC(=O)c1sc2ccccc2c1Cl)c1ccc2ccccc2c1. The average molecular weight is 379 g/mol. The molecule has 1 heterocycles. The van der Waals surface area contributed by atoms with E-state index in [1.165, 1.54) is 16.7 Å². The fourth-order valence-corrected chi connectivity index (χ4v) is 4.23. The molecule has 0 bridgehead atoms. The number of thiophene rings is 1. The molecule has 0 spiro atoms. The summed E-state index contributed by atoms with van der Waals surface area (Å²) >= 11 is 7.72. The zero-order valence-corrected chi connectivity index (χ0v) is 15.6. The molecule has 3 nitrogen and oxygen atoms in total. The first-order chi connectivity index (χ1) is 12.6. The Bertz CT molecular complexity index is 1160. The molecule has 4 rings (SSSR count). The number of nitrogens with one attached hydrogen (secondary N) is 1. The predicted octanol–water partition coefficient (Wildman–Crippen LogP) is 5.86. The topological polar surface area (TPSA) is 41.5 Å². The largest absolute Gasteiger partial charge is 0.283 e. The highest BCUT2D eigenvalue weighted by Crippen LogP contribution is 2.34. The molecule has 0 aliphatic heterocycles. The maximum atomic E-state index is 12.5. The molecule has 5 heteroatoms. The number of hydrazone groups is 1. The fraction of sp³-hybridized carbons (Fsp3) is 0.0476. The molecule has 4 aromatic rings. The normalized spacial score (nSPS) is 11.8. The Kier molecular flexibility index (Phi) is 4.45. The van der Waals surface area contributed by atoms with Gasteiger partial charge in [0.2, 0.25) is 0 Å². The number of carbonyl (C=O) groups is 1. The molecule has 0 fully saturated rings. The van der Waals surface area contributed by atoms with Crippen molar-refractivity contribution in [3.8, 4) is 0 Å².